The molecule has 220 valence electrons. The molecule has 1 aliphatic rings. The van der Waals surface area contributed by atoms with Crippen LogP contribution in [0.2, 0.25) is 0 Å². The fourth-order valence-electron chi connectivity index (χ4n) is 8.29. The van der Waals surface area contributed by atoms with Gasteiger partial charge in [-0.3, -0.25) is 0 Å². The summed E-state index contributed by atoms with van der Waals surface area (Å²) in [4.78, 5) is 0. The average Bonchev–Trinajstić information content (AvgIpc) is 3.45. The lowest BCUT2D eigenvalue weighted by Crippen LogP contribution is -2.15. The second-order valence-electron chi connectivity index (χ2n) is 13.8. The molecule has 1 heteroatoms. The third kappa shape index (κ3) is 3.82. The molecule has 0 aliphatic heterocycles. The molecule has 0 fully saturated rings. The number of hydrogen-bond acceptors (Lipinski definition) is 1. The molecule has 1 aliphatic carbocycles. The lowest BCUT2D eigenvalue weighted by atomic mass is 9.74. The van der Waals surface area contributed by atoms with E-state index in [1.54, 1.807) is 0 Å². The van der Waals surface area contributed by atoms with Crippen LogP contribution in [0.3, 0.4) is 0 Å². The van der Waals surface area contributed by atoms with E-state index in [0.717, 1.165) is 44.7 Å². The van der Waals surface area contributed by atoms with E-state index in [4.69, 9.17) is 0 Å². The first-order valence-electron chi connectivity index (χ1n) is 16.2. The molecule has 0 unspecified atom stereocenters. The van der Waals surface area contributed by atoms with Crippen molar-refractivity contribution in [2.24, 2.45) is 0 Å². The first-order valence-corrected chi connectivity index (χ1v) is 16.2. The molecule has 46 heavy (non-hydrogen) atoms. The predicted molar refractivity (Wildman–Crippen MR) is 196 cm³/mol. The number of fused-ring (bicyclic) bond motifs is 8. The zero-order valence-electron chi connectivity index (χ0n) is 26.4. The standard InChI is InChI=1S/C45H34O/c1-45(2,3)44-36-24-21-28-13-5-9-17-32(28)40(36)43(41-34-19-11-7-15-30(34)26-37(41)44)35-23-20-27-12-4-8-16-31(27)39(35)42-33-18-10-6-14-29(33)22-25-38(42)46/h4-25,46H,26H2,1-3H3. The highest BCUT2D eigenvalue weighted by Crippen LogP contribution is 2.55. The fourth-order valence-corrected chi connectivity index (χ4v) is 8.29. The van der Waals surface area contributed by atoms with Gasteiger partial charge in [-0.1, -0.05) is 148 Å². The topological polar surface area (TPSA) is 20.2 Å². The zero-order chi connectivity index (χ0) is 31.2. The van der Waals surface area contributed by atoms with Crippen molar-refractivity contribution >= 4 is 43.1 Å². The summed E-state index contributed by atoms with van der Waals surface area (Å²) in [7, 11) is 0. The molecule has 0 saturated carbocycles. The van der Waals surface area contributed by atoms with Gasteiger partial charge < -0.3 is 5.11 Å². The number of rotatable bonds is 2. The third-order valence-electron chi connectivity index (χ3n) is 10.1. The van der Waals surface area contributed by atoms with Crippen LogP contribution in [-0.4, -0.2) is 5.11 Å². The van der Waals surface area contributed by atoms with E-state index in [9.17, 15) is 5.11 Å². The summed E-state index contributed by atoms with van der Waals surface area (Å²) in [6, 6.07) is 47.9. The first-order chi connectivity index (χ1) is 22.4. The van der Waals surface area contributed by atoms with Gasteiger partial charge in [0.25, 0.3) is 0 Å². The summed E-state index contributed by atoms with van der Waals surface area (Å²) in [5.74, 6) is 0.300. The Morgan fingerprint density at radius 3 is 1.74 bits per heavy atom. The first kappa shape index (κ1) is 27.0. The van der Waals surface area contributed by atoms with Gasteiger partial charge in [0.1, 0.15) is 5.75 Å². The molecule has 1 N–H and O–H groups in total. The van der Waals surface area contributed by atoms with Crippen molar-refractivity contribution in [1.82, 2.24) is 0 Å². The lowest BCUT2D eigenvalue weighted by molar-refractivity contribution is 0.478. The van der Waals surface area contributed by atoms with Crippen LogP contribution in [0.15, 0.2) is 133 Å². The van der Waals surface area contributed by atoms with Crippen LogP contribution >= 0.6 is 0 Å². The van der Waals surface area contributed by atoms with Crippen LogP contribution in [0.1, 0.15) is 37.5 Å². The molecular formula is C45H34O. The van der Waals surface area contributed by atoms with Crippen molar-refractivity contribution in [3.8, 4) is 39.1 Å². The lowest BCUT2D eigenvalue weighted by Gasteiger charge is -2.29. The van der Waals surface area contributed by atoms with Crippen LogP contribution in [0.5, 0.6) is 5.75 Å². The van der Waals surface area contributed by atoms with Crippen LogP contribution in [0.4, 0.5) is 0 Å². The van der Waals surface area contributed by atoms with Gasteiger partial charge >= 0.3 is 0 Å². The van der Waals surface area contributed by atoms with Crippen LogP contribution in [0.25, 0.3) is 76.5 Å². The summed E-state index contributed by atoms with van der Waals surface area (Å²) in [6.45, 7) is 7.07. The number of benzene rings is 8. The SMILES string of the molecule is CC(C)(C)c1c2c(c(-c3ccc4ccccc4c3-c3c(O)ccc4ccccc34)c3c1ccc1ccccc13)-c1ccccc1C2. The molecule has 0 amide bonds. The monoisotopic (exact) mass is 590 g/mol. The second-order valence-corrected chi connectivity index (χ2v) is 13.8. The minimum Gasteiger partial charge on any atom is -0.507 e. The summed E-state index contributed by atoms with van der Waals surface area (Å²) in [5, 5.41) is 21.3. The van der Waals surface area contributed by atoms with Crippen molar-refractivity contribution in [3.05, 3.63) is 150 Å². The Morgan fingerprint density at radius 1 is 0.457 bits per heavy atom. The number of phenols is 1. The highest BCUT2D eigenvalue weighted by molar-refractivity contribution is 6.23. The average molecular weight is 591 g/mol. The predicted octanol–water partition coefficient (Wildman–Crippen LogP) is 12.2. The Balaban J connectivity index is 1.58. The Labute approximate surface area is 269 Å². The van der Waals surface area contributed by atoms with E-state index in [-0.39, 0.29) is 5.41 Å². The van der Waals surface area contributed by atoms with E-state index in [0.29, 0.717) is 5.75 Å². The summed E-state index contributed by atoms with van der Waals surface area (Å²) in [6.07, 6.45) is 0.913. The minimum atomic E-state index is -0.0640. The summed E-state index contributed by atoms with van der Waals surface area (Å²) in [5.41, 5.74) is 11.2. The maximum absolute atomic E-state index is 11.8. The summed E-state index contributed by atoms with van der Waals surface area (Å²) >= 11 is 0. The Bertz CT molecular complexity index is 2540. The maximum atomic E-state index is 11.8. The Morgan fingerprint density at radius 2 is 1.02 bits per heavy atom. The molecule has 0 atom stereocenters. The zero-order valence-corrected chi connectivity index (χ0v) is 26.4. The van der Waals surface area contributed by atoms with E-state index in [2.05, 4.69) is 142 Å². The van der Waals surface area contributed by atoms with E-state index >= 15 is 0 Å². The van der Waals surface area contributed by atoms with Gasteiger partial charge in [0.15, 0.2) is 0 Å². The van der Waals surface area contributed by atoms with Crippen molar-refractivity contribution in [2.75, 3.05) is 0 Å². The van der Waals surface area contributed by atoms with E-state index in [1.807, 2.05) is 12.1 Å². The molecule has 8 aromatic rings. The molecule has 9 rings (SSSR count). The molecular weight excluding hydrogens is 556 g/mol. The van der Waals surface area contributed by atoms with E-state index < -0.39 is 0 Å². The van der Waals surface area contributed by atoms with Gasteiger partial charge in [0.2, 0.25) is 0 Å². The molecule has 1 nitrogen and oxygen atoms in total. The van der Waals surface area contributed by atoms with Gasteiger partial charge in [0.05, 0.1) is 0 Å². The van der Waals surface area contributed by atoms with Crippen LogP contribution in [-0.2, 0) is 11.8 Å². The van der Waals surface area contributed by atoms with Crippen LogP contribution in [0, 0.1) is 0 Å². The molecule has 0 bridgehead atoms. The van der Waals surface area contributed by atoms with Gasteiger partial charge in [-0.2, -0.15) is 0 Å². The van der Waals surface area contributed by atoms with Crippen molar-refractivity contribution < 1.29 is 5.11 Å². The van der Waals surface area contributed by atoms with Gasteiger partial charge in [-0.05, 0) is 99.9 Å². The molecule has 0 spiro atoms. The van der Waals surface area contributed by atoms with Gasteiger partial charge in [-0.25, -0.2) is 0 Å². The Hall–Kier alpha value is -5.40. The van der Waals surface area contributed by atoms with Crippen LogP contribution < -0.4 is 0 Å². The fraction of sp³-hybridized carbons (Fsp3) is 0.111. The normalized spacial score (nSPS) is 12.7. The smallest absolute Gasteiger partial charge is 0.124 e. The van der Waals surface area contributed by atoms with Crippen molar-refractivity contribution in [3.63, 3.8) is 0 Å². The molecule has 0 heterocycles. The van der Waals surface area contributed by atoms with Gasteiger partial charge in [-0.15, -0.1) is 0 Å². The number of phenolic OH excluding ortho intramolecular Hbond substituents is 1. The molecule has 8 aromatic carbocycles. The highest BCUT2D eigenvalue weighted by atomic mass is 16.3. The van der Waals surface area contributed by atoms with Crippen molar-refractivity contribution in [2.45, 2.75) is 32.6 Å². The van der Waals surface area contributed by atoms with Crippen molar-refractivity contribution in [1.29, 1.82) is 0 Å². The maximum Gasteiger partial charge on any atom is 0.124 e. The molecule has 0 aromatic heterocycles. The minimum absolute atomic E-state index is 0.0640. The summed E-state index contributed by atoms with van der Waals surface area (Å²) < 4.78 is 0. The second kappa shape index (κ2) is 9.80. The molecule has 0 saturated heterocycles. The largest absolute Gasteiger partial charge is 0.507 e. The van der Waals surface area contributed by atoms with Gasteiger partial charge in [0, 0.05) is 11.1 Å². The highest BCUT2D eigenvalue weighted by Gasteiger charge is 2.34. The number of hydrogen-bond donors (Lipinski definition) is 1. The van der Waals surface area contributed by atoms with E-state index in [1.165, 1.54) is 54.9 Å². The molecule has 0 radical (unpaired) electrons. The third-order valence-corrected chi connectivity index (χ3v) is 10.1. The Kier molecular flexibility index (Phi) is 5.74. The number of aromatic hydroxyl groups is 1. The quantitative estimate of drug-likeness (QED) is 0.199.